The summed E-state index contributed by atoms with van der Waals surface area (Å²) in [6.07, 6.45) is 0. The number of hydrogen-bond donors (Lipinski definition) is 1. The van der Waals surface area contributed by atoms with Crippen molar-refractivity contribution in [3.63, 3.8) is 0 Å². The highest BCUT2D eigenvalue weighted by molar-refractivity contribution is 7.86. The summed E-state index contributed by atoms with van der Waals surface area (Å²) in [6, 6.07) is 5.44. The minimum absolute atomic E-state index is 0.644. The molecule has 0 saturated heterocycles. The molecule has 0 unspecified atom stereocenters. The average Bonchev–Trinajstić information content (AvgIpc) is 2.07. The SMILES string of the molecule is Cc1cccc(C(C)(C)S(=O)(=O)O)c1C. The van der Waals surface area contributed by atoms with Crippen LogP contribution in [-0.4, -0.2) is 13.0 Å². The van der Waals surface area contributed by atoms with Crippen LogP contribution in [0.5, 0.6) is 0 Å². The highest BCUT2D eigenvalue weighted by Gasteiger charge is 2.35. The van der Waals surface area contributed by atoms with Crippen molar-refractivity contribution in [1.29, 1.82) is 0 Å². The van der Waals surface area contributed by atoms with Gasteiger partial charge in [-0.05, 0) is 44.4 Å². The molecule has 15 heavy (non-hydrogen) atoms. The van der Waals surface area contributed by atoms with E-state index in [1.165, 1.54) is 13.8 Å². The molecule has 0 amide bonds. The van der Waals surface area contributed by atoms with Gasteiger partial charge >= 0.3 is 0 Å². The maximum atomic E-state index is 11.3. The number of rotatable bonds is 2. The molecule has 0 aliphatic heterocycles. The normalized spacial score (nSPS) is 12.9. The molecule has 4 heteroatoms. The quantitative estimate of drug-likeness (QED) is 0.791. The predicted molar refractivity (Wildman–Crippen MR) is 60.5 cm³/mol. The molecule has 0 heterocycles. The van der Waals surface area contributed by atoms with Crippen molar-refractivity contribution < 1.29 is 13.0 Å². The first kappa shape index (κ1) is 12.2. The van der Waals surface area contributed by atoms with Crippen LogP contribution in [0.15, 0.2) is 18.2 Å². The molecule has 1 aromatic rings. The van der Waals surface area contributed by atoms with E-state index in [-0.39, 0.29) is 0 Å². The van der Waals surface area contributed by atoms with Crippen molar-refractivity contribution in [1.82, 2.24) is 0 Å². The molecule has 0 aliphatic rings. The first-order valence-electron chi connectivity index (χ1n) is 4.71. The second kappa shape index (κ2) is 3.61. The lowest BCUT2D eigenvalue weighted by Crippen LogP contribution is -2.29. The molecule has 1 aromatic carbocycles. The third-order valence-electron chi connectivity index (χ3n) is 2.90. The van der Waals surface area contributed by atoms with Gasteiger partial charge in [0.05, 0.1) is 0 Å². The lowest BCUT2D eigenvalue weighted by molar-refractivity contribution is 0.445. The van der Waals surface area contributed by atoms with E-state index in [2.05, 4.69) is 0 Å². The maximum absolute atomic E-state index is 11.3. The van der Waals surface area contributed by atoms with Crippen molar-refractivity contribution >= 4 is 10.1 Å². The van der Waals surface area contributed by atoms with Crippen LogP contribution in [0.1, 0.15) is 30.5 Å². The lowest BCUT2D eigenvalue weighted by atomic mass is 9.94. The molecule has 0 bridgehead atoms. The Morgan fingerprint density at radius 2 is 1.73 bits per heavy atom. The van der Waals surface area contributed by atoms with Gasteiger partial charge in [0, 0.05) is 0 Å². The summed E-state index contributed by atoms with van der Waals surface area (Å²) < 4.78 is 30.5. The Balaban J connectivity index is 3.47. The van der Waals surface area contributed by atoms with E-state index in [9.17, 15) is 13.0 Å². The van der Waals surface area contributed by atoms with Gasteiger partial charge in [-0.2, -0.15) is 8.42 Å². The molecule has 0 saturated carbocycles. The Kier molecular flexibility index (Phi) is 2.94. The van der Waals surface area contributed by atoms with E-state index >= 15 is 0 Å². The summed E-state index contributed by atoms with van der Waals surface area (Å²) in [5, 5.41) is 0. The van der Waals surface area contributed by atoms with Crippen LogP contribution < -0.4 is 0 Å². The molecule has 3 nitrogen and oxygen atoms in total. The Hall–Kier alpha value is -0.870. The second-order valence-corrected chi connectivity index (χ2v) is 6.20. The van der Waals surface area contributed by atoms with Crippen molar-refractivity contribution in [2.75, 3.05) is 0 Å². The van der Waals surface area contributed by atoms with Gasteiger partial charge in [-0.15, -0.1) is 0 Å². The summed E-state index contributed by atoms with van der Waals surface area (Å²) >= 11 is 0. The second-order valence-electron chi connectivity index (χ2n) is 4.23. The Morgan fingerprint density at radius 1 is 1.20 bits per heavy atom. The highest BCUT2D eigenvalue weighted by atomic mass is 32.2. The van der Waals surface area contributed by atoms with Crippen LogP contribution in [0.2, 0.25) is 0 Å². The van der Waals surface area contributed by atoms with Crippen molar-refractivity contribution in [3.8, 4) is 0 Å². The zero-order chi connectivity index (χ0) is 11.9. The number of aryl methyl sites for hydroxylation is 1. The zero-order valence-corrected chi connectivity index (χ0v) is 10.2. The van der Waals surface area contributed by atoms with Crippen LogP contribution >= 0.6 is 0 Å². The molecule has 0 fully saturated rings. The monoisotopic (exact) mass is 228 g/mol. The molecule has 1 rings (SSSR count). The van der Waals surface area contributed by atoms with Crippen LogP contribution in [0, 0.1) is 13.8 Å². The lowest BCUT2D eigenvalue weighted by Gasteiger charge is -2.24. The molecule has 0 aromatic heterocycles. The van der Waals surface area contributed by atoms with E-state index in [1.54, 1.807) is 12.1 Å². The highest BCUT2D eigenvalue weighted by Crippen LogP contribution is 2.32. The fourth-order valence-corrected chi connectivity index (χ4v) is 2.04. The van der Waals surface area contributed by atoms with E-state index in [1.807, 2.05) is 19.9 Å². The van der Waals surface area contributed by atoms with Crippen LogP contribution in [0.25, 0.3) is 0 Å². The summed E-state index contributed by atoms with van der Waals surface area (Å²) in [5.74, 6) is 0. The fourth-order valence-electron chi connectivity index (χ4n) is 1.54. The van der Waals surface area contributed by atoms with E-state index in [0.29, 0.717) is 5.56 Å². The van der Waals surface area contributed by atoms with Crippen molar-refractivity contribution in [3.05, 3.63) is 34.9 Å². The minimum atomic E-state index is -4.09. The molecule has 84 valence electrons. The summed E-state index contributed by atoms with van der Waals surface area (Å²) in [4.78, 5) is 0. The first-order chi connectivity index (χ1) is 6.68. The molecule has 0 radical (unpaired) electrons. The molecular formula is C11H16O3S. The Labute approximate surface area is 90.9 Å². The van der Waals surface area contributed by atoms with E-state index < -0.39 is 14.9 Å². The Bertz CT molecular complexity index is 473. The third kappa shape index (κ3) is 2.06. The molecular weight excluding hydrogens is 212 g/mol. The molecule has 1 N–H and O–H groups in total. The standard InChI is InChI=1S/C11H16O3S/c1-8-6-5-7-10(9(8)2)11(3,4)15(12,13)14/h5-7H,1-4H3,(H,12,13,14). The van der Waals surface area contributed by atoms with E-state index in [0.717, 1.165) is 11.1 Å². The Morgan fingerprint density at radius 3 is 2.20 bits per heavy atom. The van der Waals surface area contributed by atoms with Gasteiger partial charge in [0.1, 0.15) is 4.75 Å². The number of benzene rings is 1. The number of hydrogen-bond acceptors (Lipinski definition) is 2. The van der Waals surface area contributed by atoms with Crippen molar-refractivity contribution in [2.45, 2.75) is 32.4 Å². The van der Waals surface area contributed by atoms with Gasteiger partial charge < -0.3 is 0 Å². The van der Waals surface area contributed by atoms with Gasteiger partial charge in [-0.3, -0.25) is 4.55 Å². The average molecular weight is 228 g/mol. The van der Waals surface area contributed by atoms with Crippen LogP contribution in [-0.2, 0) is 14.9 Å². The summed E-state index contributed by atoms with van der Waals surface area (Å²) in [5.41, 5.74) is 2.56. The summed E-state index contributed by atoms with van der Waals surface area (Å²) in [7, 11) is -4.09. The largest absolute Gasteiger partial charge is 0.285 e. The van der Waals surface area contributed by atoms with Crippen molar-refractivity contribution in [2.24, 2.45) is 0 Å². The molecule has 0 atom stereocenters. The maximum Gasteiger partial charge on any atom is 0.274 e. The van der Waals surface area contributed by atoms with Gasteiger partial charge in [-0.1, -0.05) is 18.2 Å². The van der Waals surface area contributed by atoms with Gasteiger partial charge in [0.25, 0.3) is 10.1 Å². The fraction of sp³-hybridized carbons (Fsp3) is 0.455. The van der Waals surface area contributed by atoms with Crippen LogP contribution in [0.3, 0.4) is 0 Å². The third-order valence-corrected chi connectivity index (χ3v) is 4.41. The first-order valence-corrected chi connectivity index (χ1v) is 6.15. The molecule has 0 spiro atoms. The topological polar surface area (TPSA) is 54.4 Å². The van der Waals surface area contributed by atoms with Crippen LogP contribution in [0.4, 0.5) is 0 Å². The summed E-state index contributed by atoms with van der Waals surface area (Å²) in [6.45, 7) is 6.78. The van der Waals surface area contributed by atoms with Gasteiger partial charge in [-0.25, -0.2) is 0 Å². The smallest absolute Gasteiger partial charge is 0.274 e. The predicted octanol–water partition coefficient (Wildman–Crippen LogP) is 2.43. The zero-order valence-electron chi connectivity index (χ0n) is 9.40. The van der Waals surface area contributed by atoms with E-state index in [4.69, 9.17) is 0 Å². The minimum Gasteiger partial charge on any atom is -0.285 e. The van der Waals surface area contributed by atoms with Gasteiger partial charge in [0.2, 0.25) is 0 Å². The van der Waals surface area contributed by atoms with Gasteiger partial charge in [0.15, 0.2) is 0 Å². The molecule has 0 aliphatic carbocycles.